The standard InChI is InChI=1S/C16H24N2O4S/c1-16(13-18(11-12-22-16)23(2,20)21)15(19)17-10-6-9-14-7-4-3-5-8-14/h3-5,7-8H,6,9-13H2,1-2H3,(H,17,19)/t16-/m0/s1. The molecule has 1 fully saturated rings. The molecule has 1 atom stereocenters. The number of aryl methyl sites for hydroxylation is 1. The Morgan fingerprint density at radius 3 is 2.70 bits per heavy atom. The van der Waals surface area contributed by atoms with Gasteiger partial charge in [-0.2, -0.15) is 4.31 Å². The molecule has 0 radical (unpaired) electrons. The van der Waals surface area contributed by atoms with Crippen molar-refractivity contribution in [3.63, 3.8) is 0 Å². The molecule has 1 saturated heterocycles. The van der Waals surface area contributed by atoms with Gasteiger partial charge < -0.3 is 10.1 Å². The molecule has 0 unspecified atom stereocenters. The Morgan fingerprint density at radius 2 is 2.04 bits per heavy atom. The molecular formula is C16H24N2O4S. The van der Waals surface area contributed by atoms with E-state index in [1.54, 1.807) is 6.92 Å². The Hall–Kier alpha value is -1.44. The van der Waals surface area contributed by atoms with Crippen molar-refractivity contribution in [2.75, 3.05) is 32.5 Å². The summed E-state index contributed by atoms with van der Waals surface area (Å²) in [5.74, 6) is -0.265. The lowest BCUT2D eigenvalue weighted by atomic mass is 10.0. The third-order valence-electron chi connectivity index (χ3n) is 3.96. The summed E-state index contributed by atoms with van der Waals surface area (Å²) in [7, 11) is -3.32. The van der Waals surface area contributed by atoms with E-state index in [9.17, 15) is 13.2 Å². The molecule has 6 nitrogen and oxygen atoms in total. The average Bonchev–Trinajstić information content (AvgIpc) is 2.51. The summed E-state index contributed by atoms with van der Waals surface area (Å²) >= 11 is 0. The number of amides is 1. The van der Waals surface area contributed by atoms with E-state index in [1.807, 2.05) is 18.2 Å². The Labute approximate surface area is 137 Å². The van der Waals surface area contributed by atoms with Crippen LogP contribution in [0.25, 0.3) is 0 Å². The highest BCUT2D eigenvalue weighted by molar-refractivity contribution is 7.88. The number of rotatable bonds is 6. The smallest absolute Gasteiger partial charge is 0.253 e. The van der Waals surface area contributed by atoms with Crippen molar-refractivity contribution in [1.82, 2.24) is 9.62 Å². The van der Waals surface area contributed by atoms with Crippen molar-refractivity contribution in [2.24, 2.45) is 0 Å². The van der Waals surface area contributed by atoms with Crippen molar-refractivity contribution < 1.29 is 17.9 Å². The second kappa shape index (κ2) is 7.42. The maximum Gasteiger partial charge on any atom is 0.253 e. The predicted octanol–water partition coefficient (Wildman–Crippen LogP) is 0.786. The van der Waals surface area contributed by atoms with Crippen LogP contribution in [0.5, 0.6) is 0 Å². The number of carbonyl (C=O) groups is 1. The topological polar surface area (TPSA) is 75.7 Å². The molecule has 1 aromatic carbocycles. The van der Waals surface area contributed by atoms with E-state index in [-0.39, 0.29) is 25.6 Å². The molecule has 2 rings (SSSR count). The minimum atomic E-state index is -3.32. The van der Waals surface area contributed by atoms with E-state index in [0.717, 1.165) is 19.1 Å². The highest BCUT2D eigenvalue weighted by Crippen LogP contribution is 2.19. The van der Waals surface area contributed by atoms with Crippen LogP contribution >= 0.6 is 0 Å². The summed E-state index contributed by atoms with van der Waals surface area (Å²) in [5.41, 5.74) is 0.0961. The van der Waals surface area contributed by atoms with E-state index < -0.39 is 15.6 Å². The van der Waals surface area contributed by atoms with Crippen molar-refractivity contribution in [3.8, 4) is 0 Å². The number of carbonyl (C=O) groups excluding carboxylic acids is 1. The van der Waals surface area contributed by atoms with Crippen LogP contribution in [0.15, 0.2) is 30.3 Å². The van der Waals surface area contributed by atoms with E-state index >= 15 is 0 Å². The zero-order chi connectivity index (χ0) is 16.9. The van der Waals surface area contributed by atoms with Gasteiger partial charge >= 0.3 is 0 Å². The largest absolute Gasteiger partial charge is 0.363 e. The van der Waals surface area contributed by atoms with Gasteiger partial charge in [-0.3, -0.25) is 4.79 Å². The summed E-state index contributed by atoms with van der Waals surface area (Å²) in [6.45, 7) is 2.73. The Kier molecular flexibility index (Phi) is 5.78. The summed E-state index contributed by atoms with van der Waals surface area (Å²) in [5, 5.41) is 2.85. The fraction of sp³-hybridized carbons (Fsp3) is 0.562. The van der Waals surface area contributed by atoms with Gasteiger partial charge in [0.25, 0.3) is 5.91 Å². The Balaban J connectivity index is 1.82. The lowest BCUT2D eigenvalue weighted by Gasteiger charge is -2.37. The van der Waals surface area contributed by atoms with Crippen LogP contribution < -0.4 is 5.32 Å². The zero-order valence-electron chi connectivity index (χ0n) is 13.6. The van der Waals surface area contributed by atoms with E-state index in [2.05, 4.69) is 17.4 Å². The van der Waals surface area contributed by atoms with Gasteiger partial charge in [-0.05, 0) is 25.3 Å². The van der Waals surface area contributed by atoms with Crippen LogP contribution in [0.3, 0.4) is 0 Å². The van der Waals surface area contributed by atoms with Crippen LogP contribution in [0, 0.1) is 0 Å². The maximum absolute atomic E-state index is 12.3. The monoisotopic (exact) mass is 340 g/mol. The Morgan fingerprint density at radius 1 is 1.35 bits per heavy atom. The van der Waals surface area contributed by atoms with Crippen molar-refractivity contribution in [1.29, 1.82) is 0 Å². The molecule has 1 aliphatic heterocycles. The molecule has 1 amide bonds. The van der Waals surface area contributed by atoms with Gasteiger partial charge in [-0.15, -0.1) is 0 Å². The molecule has 0 aliphatic carbocycles. The predicted molar refractivity (Wildman–Crippen MR) is 88.5 cm³/mol. The highest BCUT2D eigenvalue weighted by Gasteiger charge is 2.41. The summed E-state index contributed by atoms with van der Waals surface area (Å²) < 4.78 is 30.1. The SMILES string of the molecule is C[C@@]1(C(=O)NCCCc2ccccc2)CN(S(C)(=O)=O)CCO1. The van der Waals surface area contributed by atoms with E-state index in [4.69, 9.17) is 4.74 Å². The number of ether oxygens (including phenoxy) is 1. The highest BCUT2D eigenvalue weighted by atomic mass is 32.2. The van der Waals surface area contributed by atoms with Gasteiger partial charge in [0.2, 0.25) is 10.0 Å². The van der Waals surface area contributed by atoms with Gasteiger partial charge in [0.05, 0.1) is 19.4 Å². The molecule has 23 heavy (non-hydrogen) atoms. The number of sulfonamides is 1. The fourth-order valence-electron chi connectivity index (χ4n) is 2.58. The molecule has 0 bridgehead atoms. The molecular weight excluding hydrogens is 316 g/mol. The van der Waals surface area contributed by atoms with Gasteiger partial charge in [-0.25, -0.2) is 8.42 Å². The van der Waals surface area contributed by atoms with E-state index in [0.29, 0.717) is 6.54 Å². The van der Waals surface area contributed by atoms with Crippen LogP contribution in [0.2, 0.25) is 0 Å². The van der Waals surface area contributed by atoms with Gasteiger partial charge in [0, 0.05) is 13.1 Å². The normalized spacial score (nSPS) is 22.7. The van der Waals surface area contributed by atoms with Gasteiger partial charge in [-0.1, -0.05) is 30.3 Å². The number of hydrogen-bond donors (Lipinski definition) is 1. The lowest BCUT2D eigenvalue weighted by Crippen LogP contribution is -2.59. The first-order valence-electron chi connectivity index (χ1n) is 7.72. The minimum Gasteiger partial charge on any atom is -0.363 e. The summed E-state index contributed by atoms with van der Waals surface area (Å²) in [6, 6.07) is 10.1. The van der Waals surface area contributed by atoms with E-state index in [1.165, 1.54) is 9.87 Å². The quantitative estimate of drug-likeness (QED) is 0.777. The van der Waals surface area contributed by atoms with Crippen LogP contribution in [0.1, 0.15) is 18.9 Å². The van der Waals surface area contributed by atoms with Crippen molar-refractivity contribution in [3.05, 3.63) is 35.9 Å². The summed E-state index contributed by atoms with van der Waals surface area (Å²) in [6.07, 6.45) is 2.85. The van der Waals surface area contributed by atoms with Gasteiger partial charge in [0.1, 0.15) is 0 Å². The molecule has 1 aromatic rings. The van der Waals surface area contributed by atoms with Crippen LogP contribution in [0.4, 0.5) is 0 Å². The molecule has 7 heteroatoms. The number of hydrogen-bond acceptors (Lipinski definition) is 4. The second-order valence-electron chi connectivity index (χ2n) is 6.02. The Bertz CT molecular complexity index is 633. The van der Waals surface area contributed by atoms with Gasteiger partial charge in [0.15, 0.2) is 5.60 Å². The number of nitrogens with one attached hydrogen (secondary N) is 1. The van der Waals surface area contributed by atoms with Crippen molar-refractivity contribution >= 4 is 15.9 Å². The third kappa shape index (κ3) is 5.02. The number of morpholine rings is 1. The second-order valence-corrected chi connectivity index (χ2v) is 8.00. The molecule has 1 heterocycles. The molecule has 0 aromatic heterocycles. The van der Waals surface area contributed by atoms with Crippen LogP contribution in [-0.2, 0) is 26.0 Å². The number of benzene rings is 1. The maximum atomic E-state index is 12.3. The molecule has 1 N–H and O–H groups in total. The first-order valence-corrected chi connectivity index (χ1v) is 9.57. The lowest BCUT2D eigenvalue weighted by molar-refractivity contribution is -0.152. The fourth-order valence-corrected chi connectivity index (χ4v) is 3.47. The molecule has 128 valence electrons. The minimum absolute atomic E-state index is 0.0519. The molecule has 0 saturated carbocycles. The molecule has 0 spiro atoms. The van der Waals surface area contributed by atoms with Crippen molar-refractivity contribution in [2.45, 2.75) is 25.4 Å². The zero-order valence-corrected chi connectivity index (χ0v) is 14.4. The number of nitrogens with zero attached hydrogens (tertiary/aromatic N) is 1. The summed E-state index contributed by atoms with van der Waals surface area (Å²) in [4.78, 5) is 12.3. The third-order valence-corrected chi connectivity index (χ3v) is 5.21. The first kappa shape index (κ1) is 17.9. The molecule has 1 aliphatic rings. The first-order chi connectivity index (χ1) is 10.8. The van der Waals surface area contributed by atoms with Crippen LogP contribution in [-0.4, -0.2) is 56.7 Å². The average molecular weight is 340 g/mol.